The van der Waals surface area contributed by atoms with Crippen molar-refractivity contribution in [1.29, 1.82) is 0 Å². The smallest absolute Gasteiger partial charge is 0.227 e. The zero-order chi connectivity index (χ0) is 18.1. The standard InChI is InChI=1S/C20H15ClFN3O/c21-14-3-7-16(8-4-14)24-20-23-11-17-18(25-20)9-13(10-19(17)26)12-1-5-15(22)6-2-12/h1-8,11,13H,9-10H2,(H,23,24,25)/t13-/m1/s1. The molecule has 0 radical (unpaired) electrons. The predicted octanol–water partition coefficient (Wildman–Crippen LogP) is 4.93. The van der Waals surface area contributed by atoms with E-state index in [0.717, 1.165) is 11.3 Å². The van der Waals surface area contributed by atoms with Crippen LogP contribution in [0.5, 0.6) is 0 Å². The Balaban J connectivity index is 1.60. The van der Waals surface area contributed by atoms with E-state index in [0.29, 0.717) is 35.1 Å². The summed E-state index contributed by atoms with van der Waals surface area (Å²) in [5, 5.41) is 3.76. The lowest BCUT2D eigenvalue weighted by atomic mass is 9.82. The summed E-state index contributed by atoms with van der Waals surface area (Å²) < 4.78 is 13.2. The molecule has 0 unspecified atom stereocenters. The van der Waals surface area contributed by atoms with Gasteiger partial charge in [-0.2, -0.15) is 0 Å². The van der Waals surface area contributed by atoms with Gasteiger partial charge >= 0.3 is 0 Å². The highest BCUT2D eigenvalue weighted by Crippen LogP contribution is 2.32. The maximum atomic E-state index is 13.2. The summed E-state index contributed by atoms with van der Waals surface area (Å²) in [5.41, 5.74) is 3.02. The Hall–Kier alpha value is -2.79. The average Bonchev–Trinajstić information content (AvgIpc) is 2.64. The lowest BCUT2D eigenvalue weighted by molar-refractivity contribution is 0.0962. The summed E-state index contributed by atoms with van der Waals surface area (Å²) in [6.45, 7) is 0. The van der Waals surface area contributed by atoms with Crippen molar-refractivity contribution in [2.75, 3.05) is 5.32 Å². The second-order valence-corrected chi connectivity index (χ2v) is 6.70. The van der Waals surface area contributed by atoms with Crippen LogP contribution in [0.15, 0.2) is 54.7 Å². The Labute approximate surface area is 155 Å². The van der Waals surface area contributed by atoms with Crippen molar-refractivity contribution in [1.82, 2.24) is 9.97 Å². The fourth-order valence-corrected chi connectivity index (χ4v) is 3.26. The first kappa shape index (κ1) is 16.7. The molecule has 0 amide bonds. The quantitative estimate of drug-likeness (QED) is 0.713. The number of carbonyl (C=O) groups is 1. The lowest BCUT2D eigenvalue weighted by Gasteiger charge is -2.23. The molecule has 26 heavy (non-hydrogen) atoms. The number of nitrogens with zero attached hydrogens (tertiary/aromatic N) is 2. The Bertz CT molecular complexity index is 958. The number of hydrogen-bond donors (Lipinski definition) is 1. The van der Waals surface area contributed by atoms with Gasteiger partial charge in [0.1, 0.15) is 5.82 Å². The number of carbonyl (C=O) groups excluding carboxylic acids is 1. The van der Waals surface area contributed by atoms with Crippen molar-refractivity contribution < 1.29 is 9.18 Å². The van der Waals surface area contributed by atoms with E-state index in [2.05, 4.69) is 15.3 Å². The van der Waals surface area contributed by atoms with Gasteiger partial charge in [-0.1, -0.05) is 23.7 Å². The number of rotatable bonds is 3. The van der Waals surface area contributed by atoms with Crippen LogP contribution in [-0.2, 0) is 6.42 Å². The van der Waals surface area contributed by atoms with Gasteiger partial charge in [0, 0.05) is 23.3 Å². The van der Waals surface area contributed by atoms with Crippen molar-refractivity contribution in [3.8, 4) is 0 Å². The monoisotopic (exact) mass is 367 g/mol. The molecule has 130 valence electrons. The molecular formula is C20H15ClFN3O. The molecule has 0 aliphatic heterocycles. The SMILES string of the molecule is O=C1C[C@H](c2ccc(F)cc2)Cc2nc(Nc3ccc(Cl)cc3)ncc21. The molecule has 2 aromatic carbocycles. The average molecular weight is 368 g/mol. The highest BCUT2D eigenvalue weighted by Gasteiger charge is 2.28. The minimum absolute atomic E-state index is 0.00566. The number of halogens is 2. The molecule has 1 heterocycles. The minimum atomic E-state index is -0.284. The molecule has 0 bridgehead atoms. The van der Waals surface area contributed by atoms with E-state index < -0.39 is 0 Å². The number of fused-ring (bicyclic) bond motifs is 1. The van der Waals surface area contributed by atoms with Gasteiger partial charge in [-0.3, -0.25) is 4.79 Å². The normalized spacial score (nSPS) is 16.2. The fraction of sp³-hybridized carbons (Fsp3) is 0.150. The number of ketones is 1. The van der Waals surface area contributed by atoms with Crippen LogP contribution in [0.4, 0.5) is 16.0 Å². The molecule has 0 spiro atoms. The van der Waals surface area contributed by atoms with Crippen molar-refractivity contribution in [3.63, 3.8) is 0 Å². The van der Waals surface area contributed by atoms with Gasteiger partial charge in [0.25, 0.3) is 0 Å². The topological polar surface area (TPSA) is 54.9 Å². The molecule has 3 aromatic rings. The highest BCUT2D eigenvalue weighted by molar-refractivity contribution is 6.30. The third-order valence-corrected chi connectivity index (χ3v) is 4.73. The van der Waals surface area contributed by atoms with Crippen LogP contribution in [0.3, 0.4) is 0 Å². The molecule has 0 fully saturated rings. The van der Waals surface area contributed by atoms with Crippen LogP contribution in [0.25, 0.3) is 0 Å². The number of hydrogen-bond acceptors (Lipinski definition) is 4. The van der Waals surface area contributed by atoms with Crippen LogP contribution < -0.4 is 5.32 Å². The molecule has 4 nitrogen and oxygen atoms in total. The van der Waals surface area contributed by atoms with Gasteiger partial charge in [0.15, 0.2) is 5.78 Å². The summed E-state index contributed by atoms with van der Waals surface area (Å²) in [5.74, 6) is 0.152. The Kier molecular flexibility index (Phi) is 4.39. The van der Waals surface area contributed by atoms with Crippen LogP contribution in [0.1, 0.15) is 34.0 Å². The number of aromatic nitrogens is 2. The number of nitrogens with one attached hydrogen (secondary N) is 1. The van der Waals surface area contributed by atoms with Gasteiger partial charge in [-0.05, 0) is 54.3 Å². The van der Waals surface area contributed by atoms with Crippen molar-refractivity contribution in [2.24, 2.45) is 0 Å². The summed E-state index contributed by atoms with van der Waals surface area (Å²) >= 11 is 5.89. The largest absolute Gasteiger partial charge is 0.324 e. The molecule has 6 heteroatoms. The van der Waals surface area contributed by atoms with E-state index in [1.807, 2.05) is 12.1 Å². The first-order valence-corrected chi connectivity index (χ1v) is 8.63. The Morgan fingerprint density at radius 2 is 1.77 bits per heavy atom. The molecule has 4 rings (SSSR count). The van der Waals surface area contributed by atoms with Gasteiger partial charge in [-0.15, -0.1) is 0 Å². The van der Waals surface area contributed by atoms with E-state index in [4.69, 9.17) is 11.6 Å². The van der Waals surface area contributed by atoms with Crippen LogP contribution in [0.2, 0.25) is 5.02 Å². The van der Waals surface area contributed by atoms with E-state index in [1.54, 1.807) is 30.5 Å². The summed E-state index contributed by atoms with van der Waals surface area (Å²) in [7, 11) is 0. The van der Waals surface area contributed by atoms with E-state index >= 15 is 0 Å². The van der Waals surface area contributed by atoms with Gasteiger partial charge in [0.2, 0.25) is 5.95 Å². The van der Waals surface area contributed by atoms with Crippen molar-refractivity contribution >= 4 is 29.0 Å². The van der Waals surface area contributed by atoms with Crippen LogP contribution in [0, 0.1) is 5.82 Å². The number of Topliss-reactive ketones (excluding diaryl/α,β-unsaturated/α-hetero) is 1. The first-order valence-electron chi connectivity index (χ1n) is 8.25. The molecule has 1 aliphatic carbocycles. The summed E-state index contributed by atoms with van der Waals surface area (Å²) in [4.78, 5) is 21.2. The maximum Gasteiger partial charge on any atom is 0.227 e. The predicted molar refractivity (Wildman–Crippen MR) is 98.6 cm³/mol. The maximum absolute atomic E-state index is 13.2. The molecular weight excluding hydrogens is 353 g/mol. The van der Waals surface area contributed by atoms with Gasteiger partial charge in [0.05, 0.1) is 11.3 Å². The minimum Gasteiger partial charge on any atom is -0.324 e. The lowest BCUT2D eigenvalue weighted by Crippen LogP contribution is -2.21. The second-order valence-electron chi connectivity index (χ2n) is 6.27. The molecule has 0 saturated carbocycles. The first-order chi connectivity index (χ1) is 12.6. The van der Waals surface area contributed by atoms with Crippen LogP contribution in [-0.4, -0.2) is 15.8 Å². The molecule has 1 atom stereocenters. The summed E-state index contributed by atoms with van der Waals surface area (Å²) in [6.07, 6.45) is 2.57. The summed E-state index contributed by atoms with van der Waals surface area (Å²) in [6, 6.07) is 13.5. The van der Waals surface area contributed by atoms with Crippen molar-refractivity contribution in [2.45, 2.75) is 18.8 Å². The third kappa shape index (κ3) is 3.44. The van der Waals surface area contributed by atoms with Crippen molar-refractivity contribution in [3.05, 3.63) is 82.4 Å². The zero-order valence-corrected chi connectivity index (χ0v) is 14.5. The Morgan fingerprint density at radius 1 is 1.04 bits per heavy atom. The second kappa shape index (κ2) is 6.84. The zero-order valence-electron chi connectivity index (χ0n) is 13.7. The molecule has 0 saturated heterocycles. The number of anilines is 2. The van der Waals surface area contributed by atoms with E-state index in [-0.39, 0.29) is 17.5 Å². The highest BCUT2D eigenvalue weighted by atomic mass is 35.5. The number of benzene rings is 2. The van der Waals surface area contributed by atoms with E-state index in [1.165, 1.54) is 12.1 Å². The van der Waals surface area contributed by atoms with E-state index in [9.17, 15) is 9.18 Å². The van der Waals surface area contributed by atoms with Crippen LogP contribution >= 0.6 is 11.6 Å². The van der Waals surface area contributed by atoms with Gasteiger partial charge < -0.3 is 5.32 Å². The molecule has 1 aliphatic rings. The fourth-order valence-electron chi connectivity index (χ4n) is 3.14. The third-order valence-electron chi connectivity index (χ3n) is 4.48. The molecule has 1 aromatic heterocycles. The molecule has 1 N–H and O–H groups in total. The Morgan fingerprint density at radius 3 is 2.50 bits per heavy atom. The van der Waals surface area contributed by atoms with Gasteiger partial charge in [-0.25, -0.2) is 14.4 Å².